The molecule has 0 spiro atoms. The van der Waals surface area contributed by atoms with Crippen LogP contribution in [0.25, 0.3) is 0 Å². The lowest BCUT2D eigenvalue weighted by atomic mass is 10.0. The summed E-state index contributed by atoms with van der Waals surface area (Å²) < 4.78 is 0. The van der Waals surface area contributed by atoms with Crippen LogP contribution in [0.2, 0.25) is 0 Å². The van der Waals surface area contributed by atoms with Crippen LogP contribution in [0.15, 0.2) is 18.5 Å². The maximum Gasteiger partial charge on any atom is 0.255 e. The van der Waals surface area contributed by atoms with E-state index >= 15 is 0 Å². The monoisotopic (exact) mass is 249 g/mol. The molecule has 0 saturated carbocycles. The molecule has 1 atom stereocenters. The van der Waals surface area contributed by atoms with Crippen molar-refractivity contribution in [3.63, 3.8) is 0 Å². The normalized spacial score (nSPS) is 12.1. The van der Waals surface area contributed by atoms with E-state index in [1.165, 1.54) is 6.20 Å². The molecule has 0 fully saturated rings. The molecule has 100 valence electrons. The number of amides is 1. The number of carbonyl (C=O) groups is 1. The molecule has 0 aliphatic rings. The van der Waals surface area contributed by atoms with E-state index < -0.39 is 0 Å². The number of pyridine rings is 1. The zero-order chi connectivity index (χ0) is 13.4. The summed E-state index contributed by atoms with van der Waals surface area (Å²) >= 11 is 0. The number of carbonyl (C=O) groups excluding carboxylic acids is 1. The summed E-state index contributed by atoms with van der Waals surface area (Å²) in [5, 5.41) is 3.05. The Hall–Kier alpha value is -1.58. The summed E-state index contributed by atoms with van der Waals surface area (Å²) in [5.74, 6) is -0.116. The molecule has 1 unspecified atom stereocenters. The van der Waals surface area contributed by atoms with Crippen molar-refractivity contribution >= 4 is 11.6 Å². The molecule has 0 bridgehead atoms. The molecule has 0 aromatic carbocycles. The number of rotatable bonds is 7. The number of nitrogens with one attached hydrogen (secondary N) is 1. The highest BCUT2D eigenvalue weighted by atomic mass is 16.1. The van der Waals surface area contributed by atoms with Crippen molar-refractivity contribution in [2.24, 2.45) is 0 Å². The number of nitrogen functional groups attached to an aromatic ring is 1. The number of unbranched alkanes of at least 4 members (excludes halogenated alkanes) is 1. The molecule has 1 rings (SSSR count). The first kappa shape index (κ1) is 14.5. The van der Waals surface area contributed by atoms with Crippen molar-refractivity contribution in [2.75, 3.05) is 5.73 Å². The van der Waals surface area contributed by atoms with Crippen molar-refractivity contribution in [1.82, 2.24) is 10.3 Å². The van der Waals surface area contributed by atoms with E-state index in [0.29, 0.717) is 11.3 Å². The topological polar surface area (TPSA) is 68.0 Å². The average molecular weight is 249 g/mol. The Morgan fingerprint density at radius 3 is 2.78 bits per heavy atom. The van der Waals surface area contributed by atoms with Crippen LogP contribution >= 0.6 is 0 Å². The predicted octanol–water partition coefficient (Wildman–Crippen LogP) is 2.75. The van der Waals surface area contributed by atoms with Gasteiger partial charge in [-0.25, -0.2) is 0 Å². The Labute approximate surface area is 109 Å². The molecule has 4 heteroatoms. The Morgan fingerprint density at radius 2 is 2.17 bits per heavy atom. The zero-order valence-electron chi connectivity index (χ0n) is 11.3. The summed E-state index contributed by atoms with van der Waals surface area (Å²) in [6, 6.07) is 1.89. The second-order valence-corrected chi connectivity index (χ2v) is 4.56. The molecule has 1 amide bonds. The lowest BCUT2D eigenvalue weighted by molar-refractivity contribution is 0.0932. The molecular weight excluding hydrogens is 226 g/mol. The number of anilines is 1. The van der Waals surface area contributed by atoms with Gasteiger partial charge in [0.25, 0.3) is 5.91 Å². The lowest BCUT2D eigenvalue weighted by Crippen LogP contribution is -2.35. The van der Waals surface area contributed by atoms with Crippen LogP contribution in [0.5, 0.6) is 0 Å². The summed E-state index contributed by atoms with van der Waals surface area (Å²) in [6.45, 7) is 4.29. The fourth-order valence-corrected chi connectivity index (χ4v) is 1.95. The van der Waals surface area contributed by atoms with E-state index in [4.69, 9.17) is 5.73 Å². The molecular formula is C14H23N3O. The van der Waals surface area contributed by atoms with Gasteiger partial charge in [-0.05, 0) is 18.9 Å². The fourth-order valence-electron chi connectivity index (χ4n) is 1.95. The maximum atomic E-state index is 12.1. The van der Waals surface area contributed by atoms with Gasteiger partial charge in [0.15, 0.2) is 0 Å². The Morgan fingerprint density at radius 1 is 1.39 bits per heavy atom. The second-order valence-electron chi connectivity index (χ2n) is 4.56. The average Bonchev–Trinajstić information content (AvgIpc) is 2.36. The van der Waals surface area contributed by atoms with Crippen molar-refractivity contribution < 1.29 is 4.79 Å². The smallest absolute Gasteiger partial charge is 0.255 e. The molecule has 1 heterocycles. The maximum absolute atomic E-state index is 12.1. The third-order valence-corrected chi connectivity index (χ3v) is 2.98. The Bertz CT molecular complexity index is 379. The molecule has 3 N–H and O–H groups in total. The zero-order valence-corrected chi connectivity index (χ0v) is 11.3. The van der Waals surface area contributed by atoms with Crippen LogP contribution in [0, 0.1) is 0 Å². The summed E-state index contributed by atoms with van der Waals surface area (Å²) in [7, 11) is 0. The number of nitrogens with two attached hydrogens (primary N) is 1. The van der Waals surface area contributed by atoms with Gasteiger partial charge in [0.2, 0.25) is 0 Å². The third-order valence-electron chi connectivity index (χ3n) is 2.98. The largest absolute Gasteiger partial charge is 0.398 e. The summed E-state index contributed by atoms with van der Waals surface area (Å²) in [5.41, 5.74) is 6.72. The number of hydrogen-bond acceptors (Lipinski definition) is 3. The Kier molecular flexibility index (Phi) is 6.19. The van der Waals surface area contributed by atoms with Gasteiger partial charge in [0.05, 0.1) is 5.56 Å². The SMILES string of the molecule is CCCCC(CCC)NC(=O)c1cnccc1N. The van der Waals surface area contributed by atoms with Gasteiger partial charge in [0, 0.05) is 24.1 Å². The first-order valence-electron chi connectivity index (χ1n) is 6.69. The molecule has 0 saturated heterocycles. The number of aromatic nitrogens is 1. The molecule has 0 aliphatic carbocycles. The van der Waals surface area contributed by atoms with Crippen LogP contribution in [0.3, 0.4) is 0 Å². The minimum Gasteiger partial charge on any atom is -0.398 e. The minimum absolute atomic E-state index is 0.116. The predicted molar refractivity (Wildman–Crippen MR) is 74.3 cm³/mol. The highest BCUT2D eigenvalue weighted by molar-refractivity contribution is 5.98. The molecule has 0 aliphatic heterocycles. The van der Waals surface area contributed by atoms with Crippen LogP contribution in [-0.2, 0) is 0 Å². The van der Waals surface area contributed by atoms with Crippen LogP contribution in [0.1, 0.15) is 56.3 Å². The molecule has 4 nitrogen and oxygen atoms in total. The summed E-state index contributed by atoms with van der Waals surface area (Å²) in [4.78, 5) is 16.0. The van der Waals surface area contributed by atoms with E-state index in [0.717, 1.165) is 32.1 Å². The van der Waals surface area contributed by atoms with Crippen molar-refractivity contribution in [1.29, 1.82) is 0 Å². The molecule has 1 aromatic rings. The van der Waals surface area contributed by atoms with Crippen molar-refractivity contribution in [2.45, 2.75) is 52.0 Å². The van der Waals surface area contributed by atoms with Crippen molar-refractivity contribution in [3.05, 3.63) is 24.0 Å². The first-order chi connectivity index (χ1) is 8.69. The minimum atomic E-state index is -0.116. The van der Waals surface area contributed by atoms with Gasteiger partial charge in [-0.3, -0.25) is 9.78 Å². The van der Waals surface area contributed by atoms with E-state index in [1.54, 1.807) is 12.3 Å². The third kappa shape index (κ3) is 4.35. The quantitative estimate of drug-likeness (QED) is 0.780. The van der Waals surface area contributed by atoms with Gasteiger partial charge in [-0.1, -0.05) is 33.1 Å². The van der Waals surface area contributed by atoms with Crippen LogP contribution in [0.4, 0.5) is 5.69 Å². The van der Waals surface area contributed by atoms with Gasteiger partial charge in [0.1, 0.15) is 0 Å². The Balaban J connectivity index is 2.63. The lowest BCUT2D eigenvalue weighted by Gasteiger charge is -2.18. The van der Waals surface area contributed by atoms with E-state index in [1.807, 2.05) is 0 Å². The summed E-state index contributed by atoms with van der Waals surface area (Å²) in [6.07, 6.45) is 8.48. The van der Waals surface area contributed by atoms with Gasteiger partial charge in [-0.2, -0.15) is 0 Å². The fraction of sp³-hybridized carbons (Fsp3) is 0.571. The molecule has 0 radical (unpaired) electrons. The van der Waals surface area contributed by atoms with Crippen LogP contribution < -0.4 is 11.1 Å². The molecule has 18 heavy (non-hydrogen) atoms. The van der Waals surface area contributed by atoms with E-state index in [-0.39, 0.29) is 11.9 Å². The van der Waals surface area contributed by atoms with E-state index in [2.05, 4.69) is 24.1 Å². The van der Waals surface area contributed by atoms with Gasteiger partial charge < -0.3 is 11.1 Å². The molecule has 1 aromatic heterocycles. The highest BCUT2D eigenvalue weighted by Crippen LogP contribution is 2.11. The highest BCUT2D eigenvalue weighted by Gasteiger charge is 2.14. The number of hydrogen-bond donors (Lipinski definition) is 2. The van der Waals surface area contributed by atoms with Gasteiger partial charge >= 0.3 is 0 Å². The second kappa shape index (κ2) is 7.69. The first-order valence-corrected chi connectivity index (χ1v) is 6.69. The number of nitrogens with zero attached hydrogens (tertiary/aromatic N) is 1. The van der Waals surface area contributed by atoms with Crippen molar-refractivity contribution in [3.8, 4) is 0 Å². The van der Waals surface area contributed by atoms with Crippen LogP contribution in [-0.4, -0.2) is 16.9 Å². The standard InChI is InChI=1S/C14H23N3O/c1-3-5-7-11(6-4-2)17-14(18)12-10-16-9-8-13(12)15/h8-11H,3-7H2,1-2H3,(H2,15,16)(H,17,18). The van der Waals surface area contributed by atoms with Gasteiger partial charge in [-0.15, -0.1) is 0 Å². The van der Waals surface area contributed by atoms with E-state index in [9.17, 15) is 4.79 Å².